The van der Waals surface area contributed by atoms with Crippen molar-refractivity contribution in [1.29, 1.82) is 5.26 Å². The van der Waals surface area contributed by atoms with Crippen LogP contribution in [0.25, 0.3) is 0 Å². The van der Waals surface area contributed by atoms with Crippen molar-refractivity contribution in [3.63, 3.8) is 0 Å². The van der Waals surface area contributed by atoms with E-state index in [-0.39, 0.29) is 11.0 Å². The quantitative estimate of drug-likeness (QED) is 0.813. The Bertz CT molecular complexity index is 450. The molecule has 2 atom stereocenters. The Hall–Kier alpha value is -1.33. The van der Waals surface area contributed by atoms with Crippen LogP contribution in [0, 0.1) is 16.7 Å². The largest absolute Gasteiger partial charge is 0.375 e. The van der Waals surface area contributed by atoms with Crippen molar-refractivity contribution < 1.29 is 4.74 Å². The van der Waals surface area contributed by atoms with Gasteiger partial charge in [-0.3, -0.25) is 0 Å². The molecule has 2 rings (SSSR count). The van der Waals surface area contributed by atoms with Gasteiger partial charge in [-0.15, -0.1) is 0 Å². The van der Waals surface area contributed by atoms with E-state index in [1.54, 1.807) is 0 Å². The minimum Gasteiger partial charge on any atom is -0.375 e. The molecule has 2 unspecified atom stereocenters. The van der Waals surface area contributed by atoms with Gasteiger partial charge in [0, 0.05) is 13.0 Å². The molecule has 0 amide bonds. The molecule has 1 aliphatic heterocycles. The molecule has 0 aliphatic carbocycles. The normalized spacial score (nSPS) is 30.8. The van der Waals surface area contributed by atoms with Crippen LogP contribution in [0.3, 0.4) is 0 Å². The number of ether oxygens (including phenoxy) is 1. The maximum Gasteiger partial charge on any atom is 0.0657 e. The number of nitrogens with zero attached hydrogens (tertiary/aromatic N) is 1. The lowest BCUT2D eigenvalue weighted by atomic mass is 9.67. The first-order valence-corrected chi connectivity index (χ1v) is 7.16. The first kappa shape index (κ1) is 14.1. The number of hydrogen-bond acceptors (Lipinski definition) is 2. The van der Waals surface area contributed by atoms with Crippen LogP contribution in [0.1, 0.15) is 45.1 Å². The van der Waals surface area contributed by atoms with Crippen LogP contribution in [0.5, 0.6) is 0 Å². The summed E-state index contributed by atoms with van der Waals surface area (Å²) in [5, 5.41) is 9.21. The zero-order chi connectivity index (χ0) is 13.8. The Morgan fingerprint density at radius 2 is 2.05 bits per heavy atom. The molecule has 1 saturated heterocycles. The molecule has 1 heterocycles. The fourth-order valence-electron chi connectivity index (χ4n) is 3.23. The van der Waals surface area contributed by atoms with E-state index >= 15 is 0 Å². The lowest BCUT2D eigenvalue weighted by Crippen LogP contribution is -2.43. The summed E-state index contributed by atoms with van der Waals surface area (Å²) in [6, 6.07) is 12.9. The highest BCUT2D eigenvalue weighted by atomic mass is 16.5. The van der Waals surface area contributed by atoms with Gasteiger partial charge >= 0.3 is 0 Å². The molecule has 0 radical (unpaired) electrons. The molecule has 0 spiro atoms. The fraction of sp³-hybridized carbons (Fsp3) is 0.588. The third-order valence-electron chi connectivity index (χ3n) is 4.46. The average molecular weight is 257 g/mol. The summed E-state index contributed by atoms with van der Waals surface area (Å²) in [6.07, 6.45) is 4.60. The van der Waals surface area contributed by atoms with Gasteiger partial charge in [0.05, 0.1) is 11.7 Å². The minimum absolute atomic E-state index is 0.0656. The molecule has 0 aromatic heterocycles. The summed E-state index contributed by atoms with van der Waals surface area (Å²) in [7, 11) is 0. The predicted octanol–water partition coefficient (Wildman–Crippen LogP) is 4.11. The third kappa shape index (κ3) is 3.36. The lowest BCUT2D eigenvalue weighted by Gasteiger charge is -2.45. The van der Waals surface area contributed by atoms with E-state index in [2.05, 4.69) is 44.2 Å². The van der Waals surface area contributed by atoms with Crippen LogP contribution in [-0.4, -0.2) is 12.2 Å². The van der Waals surface area contributed by atoms with Gasteiger partial charge in [-0.05, 0) is 43.6 Å². The summed E-state index contributed by atoms with van der Waals surface area (Å²) in [5.41, 5.74) is 1.35. The molecule has 1 aromatic carbocycles. The second kappa shape index (κ2) is 5.75. The van der Waals surface area contributed by atoms with Crippen LogP contribution < -0.4 is 0 Å². The monoisotopic (exact) mass is 257 g/mol. The fourth-order valence-corrected chi connectivity index (χ4v) is 3.23. The molecule has 0 N–H and O–H groups in total. The molecule has 19 heavy (non-hydrogen) atoms. The van der Waals surface area contributed by atoms with Gasteiger partial charge in [0.1, 0.15) is 0 Å². The van der Waals surface area contributed by atoms with Crippen LogP contribution in [-0.2, 0) is 11.2 Å². The van der Waals surface area contributed by atoms with Gasteiger partial charge in [-0.1, -0.05) is 37.3 Å². The molecule has 1 aromatic rings. The molecule has 0 bridgehead atoms. The van der Waals surface area contributed by atoms with E-state index in [1.807, 2.05) is 6.07 Å². The van der Waals surface area contributed by atoms with E-state index in [1.165, 1.54) is 5.56 Å². The Labute approximate surface area is 116 Å². The van der Waals surface area contributed by atoms with Crippen LogP contribution in [0.15, 0.2) is 30.3 Å². The van der Waals surface area contributed by atoms with Crippen molar-refractivity contribution in [2.75, 3.05) is 6.61 Å². The Balaban J connectivity index is 2.20. The summed E-state index contributed by atoms with van der Waals surface area (Å²) in [4.78, 5) is 0. The summed E-state index contributed by atoms with van der Waals surface area (Å²) in [6.45, 7) is 5.13. The summed E-state index contributed by atoms with van der Waals surface area (Å²) < 4.78 is 5.94. The molecule has 1 aliphatic rings. The smallest absolute Gasteiger partial charge is 0.0657 e. The van der Waals surface area contributed by atoms with Gasteiger partial charge < -0.3 is 4.74 Å². The zero-order valence-electron chi connectivity index (χ0n) is 12.0. The van der Waals surface area contributed by atoms with Crippen molar-refractivity contribution in [2.24, 2.45) is 5.41 Å². The Morgan fingerprint density at radius 3 is 2.68 bits per heavy atom. The summed E-state index contributed by atoms with van der Waals surface area (Å²) >= 11 is 0. The van der Waals surface area contributed by atoms with Crippen molar-refractivity contribution in [3.8, 4) is 6.07 Å². The van der Waals surface area contributed by atoms with Crippen molar-refractivity contribution in [2.45, 2.75) is 51.6 Å². The van der Waals surface area contributed by atoms with Gasteiger partial charge in [0.25, 0.3) is 0 Å². The topological polar surface area (TPSA) is 33.0 Å². The Kier molecular flexibility index (Phi) is 4.27. The molecular weight excluding hydrogens is 234 g/mol. The van der Waals surface area contributed by atoms with Gasteiger partial charge in [0.2, 0.25) is 0 Å². The number of benzene rings is 1. The van der Waals surface area contributed by atoms with Gasteiger partial charge in [0.15, 0.2) is 0 Å². The van der Waals surface area contributed by atoms with Crippen LogP contribution >= 0.6 is 0 Å². The highest BCUT2D eigenvalue weighted by Gasteiger charge is 2.42. The number of hydrogen-bond donors (Lipinski definition) is 0. The third-order valence-corrected chi connectivity index (χ3v) is 4.46. The first-order valence-electron chi connectivity index (χ1n) is 7.16. The van der Waals surface area contributed by atoms with Crippen LogP contribution in [0.2, 0.25) is 0 Å². The summed E-state index contributed by atoms with van der Waals surface area (Å²) in [5.74, 6) is 0. The maximum absolute atomic E-state index is 9.21. The first-order chi connectivity index (χ1) is 9.11. The molecule has 102 valence electrons. The Morgan fingerprint density at radius 1 is 1.32 bits per heavy atom. The SMILES string of the molecule is CCC1(C)CC(CC#N)(Cc2ccccc2)CCO1. The minimum atomic E-state index is -0.0656. The van der Waals surface area contributed by atoms with Gasteiger partial charge in [-0.25, -0.2) is 0 Å². The number of rotatable bonds is 4. The highest BCUT2D eigenvalue weighted by molar-refractivity contribution is 5.18. The molecule has 1 fully saturated rings. The van der Waals surface area contributed by atoms with E-state index in [4.69, 9.17) is 4.74 Å². The predicted molar refractivity (Wildman–Crippen MR) is 76.7 cm³/mol. The van der Waals surface area contributed by atoms with Crippen molar-refractivity contribution in [1.82, 2.24) is 0 Å². The second-order valence-electron chi connectivity index (χ2n) is 6.08. The van der Waals surface area contributed by atoms with Crippen LogP contribution in [0.4, 0.5) is 0 Å². The zero-order valence-corrected chi connectivity index (χ0v) is 12.0. The molecular formula is C17H23NO. The molecule has 0 saturated carbocycles. The maximum atomic E-state index is 9.21. The van der Waals surface area contributed by atoms with E-state index < -0.39 is 0 Å². The van der Waals surface area contributed by atoms with Crippen molar-refractivity contribution in [3.05, 3.63) is 35.9 Å². The van der Waals surface area contributed by atoms with Gasteiger partial charge in [-0.2, -0.15) is 5.26 Å². The standard InChI is InChI=1S/C17H23NO/c1-3-16(2)14-17(9-11-18,10-12-19-16)13-15-7-5-4-6-8-15/h4-8H,3,9-10,12-14H2,1-2H3. The second-order valence-corrected chi connectivity index (χ2v) is 6.08. The highest BCUT2D eigenvalue weighted by Crippen LogP contribution is 2.45. The molecule has 2 nitrogen and oxygen atoms in total. The van der Waals surface area contributed by atoms with E-state index in [0.29, 0.717) is 6.42 Å². The number of nitriles is 1. The lowest BCUT2D eigenvalue weighted by molar-refractivity contribution is -0.116. The van der Waals surface area contributed by atoms with E-state index in [0.717, 1.165) is 32.3 Å². The van der Waals surface area contributed by atoms with Crippen molar-refractivity contribution >= 4 is 0 Å². The molecule has 2 heteroatoms. The van der Waals surface area contributed by atoms with E-state index in [9.17, 15) is 5.26 Å². The average Bonchev–Trinajstić information content (AvgIpc) is 2.40.